The molecule has 15 heavy (non-hydrogen) atoms. The van der Waals surface area contributed by atoms with Crippen molar-refractivity contribution in [1.82, 2.24) is 4.98 Å². The lowest BCUT2D eigenvalue weighted by Crippen LogP contribution is -2.12. The van der Waals surface area contributed by atoms with E-state index in [0.717, 1.165) is 17.7 Å². The number of nitrogens with zero attached hydrogens (tertiary/aromatic N) is 1. The fourth-order valence-corrected chi connectivity index (χ4v) is 1.37. The lowest BCUT2D eigenvalue weighted by molar-refractivity contribution is 0.202. The summed E-state index contributed by atoms with van der Waals surface area (Å²) in [5.74, 6) is 0.455. The summed E-state index contributed by atoms with van der Waals surface area (Å²) in [4.78, 5) is 4.36. The topological polar surface area (TPSA) is 12.9 Å². The second-order valence-corrected chi connectivity index (χ2v) is 4.96. The van der Waals surface area contributed by atoms with Crippen LogP contribution in [0, 0.1) is 0 Å². The number of alkyl halides is 1. The van der Waals surface area contributed by atoms with Crippen LogP contribution >= 0.6 is 0 Å². The van der Waals surface area contributed by atoms with E-state index in [4.69, 9.17) is 0 Å². The maximum absolute atomic E-state index is 13.3. The summed E-state index contributed by atoms with van der Waals surface area (Å²) in [6.45, 7) is 7.46. The number of halogens is 1. The summed E-state index contributed by atoms with van der Waals surface area (Å²) in [6, 6.07) is 4.08. The Kier molecular flexibility index (Phi) is 3.83. The molecule has 0 fully saturated rings. The van der Waals surface area contributed by atoms with E-state index in [1.54, 1.807) is 13.8 Å². The summed E-state index contributed by atoms with van der Waals surface area (Å²) < 4.78 is 13.3. The van der Waals surface area contributed by atoms with Gasteiger partial charge in [0.1, 0.15) is 5.67 Å². The van der Waals surface area contributed by atoms with Crippen LogP contribution in [0.2, 0.25) is 0 Å². The smallest absolute Gasteiger partial charge is 0.105 e. The molecule has 0 bridgehead atoms. The number of hydrogen-bond acceptors (Lipinski definition) is 1. The molecule has 84 valence electrons. The molecule has 0 saturated carbocycles. The van der Waals surface area contributed by atoms with Gasteiger partial charge in [-0.1, -0.05) is 19.9 Å². The second kappa shape index (κ2) is 4.73. The second-order valence-electron chi connectivity index (χ2n) is 4.96. The summed E-state index contributed by atoms with van der Waals surface area (Å²) in [5.41, 5.74) is 1.12. The van der Waals surface area contributed by atoms with Gasteiger partial charge in [0.2, 0.25) is 0 Å². The Balaban J connectivity index is 2.57. The minimum absolute atomic E-state index is 0.455. The van der Waals surface area contributed by atoms with Crippen LogP contribution in [0.1, 0.15) is 51.3 Å². The van der Waals surface area contributed by atoms with Crippen LogP contribution in [0.5, 0.6) is 0 Å². The van der Waals surface area contributed by atoms with E-state index in [2.05, 4.69) is 18.8 Å². The molecule has 0 aliphatic carbocycles. The van der Waals surface area contributed by atoms with E-state index in [9.17, 15) is 4.39 Å². The summed E-state index contributed by atoms with van der Waals surface area (Å²) >= 11 is 0. The number of pyridine rings is 1. The van der Waals surface area contributed by atoms with Crippen LogP contribution < -0.4 is 0 Å². The maximum atomic E-state index is 13.3. The SMILES string of the molecule is CC(C)c1ccc(CCC(C)(C)F)cn1. The first-order chi connectivity index (χ1) is 6.88. The molecule has 1 aromatic heterocycles. The van der Waals surface area contributed by atoms with Crippen molar-refractivity contribution >= 4 is 0 Å². The normalized spacial score (nSPS) is 12.1. The molecule has 0 aromatic carbocycles. The van der Waals surface area contributed by atoms with Gasteiger partial charge in [-0.2, -0.15) is 0 Å². The number of rotatable bonds is 4. The Morgan fingerprint density at radius 3 is 2.40 bits per heavy atom. The van der Waals surface area contributed by atoms with E-state index < -0.39 is 5.67 Å². The monoisotopic (exact) mass is 209 g/mol. The number of hydrogen-bond donors (Lipinski definition) is 0. The highest BCUT2D eigenvalue weighted by molar-refractivity contribution is 5.16. The van der Waals surface area contributed by atoms with E-state index in [1.165, 1.54) is 0 Å². The molecule has 1 heterocycles. The third-order valence-electron chi connectivity index (χ3n) is 2.45. The lowest BCUT2D eigenvalue weighted by Gasteiger charge is -2.13. The average Bonchev–Trinajstić information content (AvgIpc) is 2.14. The Morgan fingerprint density at radius 2 is 2.00 bits per heavy atom. The first-order valence-electron chi connectivity index (χ1n) is 5.52. The van der Waals surface area contributed by atoms with E-state index in [1.807, 2.05) is 18.3 Å². The van der Waals surface area contributed by atoms with Gasteiger partial charge in [-0.3, -0.25) is 4.98 Å². The van der Waals surface area contributed by atoms with Crippen LogP contribution in [-0.2, 0) is 6.42 Å². The van der Waals surface area contributed by atoms with Gasteiger partial charge >= 0.3 is 0 Å². The molecular formula is C13H20FN. The summed E-state index contributed by atoms with van der Waals surface area (Å²) in [6.07, 6.45) is 3.17. The molecule has 1 rings (SSSR count). The molecule has 1 nitrogen and oxygen atoms in total. The molecule has 0 aliphatic rings. The molecule has 0 radical (unpaired) electrons. The molecule has 0 spiro atoms. The van der Waals surface area contributed by atoms with Gasteiger partial charge in [-0.05, 0) is 44.2 Å². The van der Waals surface area contributed by atoms with Crippen molar-refractivity contribution in [3.05, 3.63) is 29.6 Å². The predicted molar refractivity (Wildman–Crippen MR) is 61.8 cm³/mol. The van der Waals surface area contributed by atoms with Gasteiger partial charge in [0.15, 0.2) is 0 Å². The highest BCUT2D eigenvalue weighted by atomic mass is 19.1. The molecule has 1 aromatic rings. The molecule has 0 aliphatic heterocycles. The van der Waals surface area contributed by atoms with Crippen molar-refractivity contribution in [2.24, 2.45) is 0 Å². The van der Waals surface area contributed by atoms with Crippen molar-refractivity contribution in [1.29, 1.82) is 0 Å². The zero-order chi connectivity index (χ0) is 11.5. The zero-order valence-electron chi connectivity index (χ0n) is 10.0. The minimum atomic E-state index is -1.09. The molecule has 0 amide bonds. The molecule has 2 heteroatoms. The van der Waals surface area contributed by atoms with Gasteiger partial charge in [-0.25, -0.2) is 4.39 Å². The first-order valence-corrected chi connectivity index (χ1v) is 5.52. The predicted octanol–water partition coefficient (Wildman–Crippen LogP) is 3.89. The highest BCUT2D eigenvalue weighted by Crippen LogP contribution is 2.18. The van der Waals surface area contributed by atoms with Crippen LogP contribution in [0.15, 0.2) is 18.3 Å². The minimum Gasteiger partial charge on any atom is -0.261 e. The van der Waals surface area contributed by atoms with Gasteiger partial charge in [0.25, 0.3) is 0 Å². The van der Waals surface area contributed by atoms with Gasteiger partial charge < -0.3 is 0 Å². The van der Waals surface area contributed by atoms with Crippen molar-refractivity contribution < 1.29 is 4.39 Å². The third kappa shape index (κ3) is 4.41. The van der Waals surface area contributed by atoms with E-state index in [-0.39, 0.29) is 0 Å². The number of aryl methyl sites for hydroxylation is 1. The van der Waals surface area contributed by atoms with Gasteiger partial charge in [0.05, 0.1) is 0 Å². The highest BCUT2D eigenvalue weighted by Gasteiger charge is 2.14. The Bertz CT molecular complexity index is 295. The lowest BCUT2D eigenvalue weighted by atomic mass is 10.0. The van der Waals surface area contributed by atoms with Crippen molar-refractivity contribution in [2.45, 2.75) is 52.1 Å². The van der Waals surface area contributed by atoms with E-state index >= 15 is 0 Å². The third-order valence-corrected chi connectivity index (χ3v) is 2.45. The molecular weight excluding hydrogens is 189 g/mol. The van der Waals surface area contributed by atoms with Gasteiger partial charge in [-0.15, -0.1) is 0 Å². The summed E-state index contributed by atoms with van der Waals surface area (Å²) in [5, 5.41) is 0. The first kappa shape index (κ1) is 12.2. The average molecular weight is 209 g/mol. The Morgan fingerprint density at radius 1 is 1.33 bits per heavy atom. The standard InChI is InChI=1S/C13H20FN/c1-10(2)12-6-5-11(9-15-12)7-8-13(3,4)14/h5-6,9-10H,7-8H2,1-4H3. The van der Waals surface area contributed by atoms with Crippen LogP contribution in [0.4, 0.5) is 4.39 Å². The zero-order valence-corrected chi connectivity index (χ0v) is 10.0. The van der Waals surface area contributed by atoms with Crippen LogP contribution in [0.25, 0.3) is 0 Å². The molecule has 0 saturated heterocycles. The molecule has 0 atom stereocenters. The Labute approximate surface area is 91.7 Å². The van der Waals surface area contributed by atoms with Crippen molar-refractivity contribution in [3.8, 4) is 0 Å². The summed E-state index contributed by atoms with van der Waals surface area (Å²) in [7, 11) is 0. The fraction of sp³-hybridized carbons (Fsp3) is 0.615. The molecule has 0 unspecified atom stereocenters. The maximum Gasteiger partial charge on any atom is 0.105 e. The van der Waals surface area contributed by atoms with E-state index in [0.29, 0.717) is 12.3 Å². The van der Waals surface area contributed by atoms with Crippen LogP contribution in [0.3, 0.4) is 0 Å². The van der Waals surface area contributed by atoms with Crippen LogP contribution in [-0.4, -0.2) is 10.7 Å². The largest absolute Gasteiger partial charge is 0.261 e. The molecule has 0 N–H and O–H groups in total. The van der Waals surface area contributed by atoms with Crippen molar-refractivity contribution in [3.63, 3.8) is 0 Å². The quantitative estimate of drug-likeness (QED) is 0.733. The Hall–Kier alpha value is -0.920. The van der Waals surface area contributed by atoms with Crippen molar-refractivity contribution in [2.75, 3.05) is 0 Å². The number of aromatic nitrogens is 1. The fourth-order valence-electron chi connectivity index (χ4n) is 1.37. The van der Waals surface area contributed by atoms with Gasteiger partial charge in [0, 0.05) is 11.9 Å².